The lowest BCUT2D eigenvalue weighted by atomic mass is 10.4. The molecule has 0 aliphatic rings. The number of aliphatic hydroxyl groups is 1. The van der Waals surface area contributed by atoms with Crippen LogP contribution >= 0.6 is 0 Å². The molecule has 0 bridgehead atoms. The number of rotatable bonds is 4. The number of hydrogen-bond acceptors (Lipinski definition) is 2. The van der Waals surface area contributed by atoms with E-state index in [2.05, 4.69) is 4.74 Å². The van der Waals surface area contributed by atoms with Crippen molar-refractivity contribution in [1.29, 1.82) is 0 Å². The Kier molecular flexibility index (Phi) is 3.74. The Morgan fingerprint density at radius 1 is 1.45 bits per heavy atom. The standard InChI is InChI=1S/C5H8F4O2/c1-3(10)2-11-5(8,9)4(6)7/h3-4,10H,2H2,1H3. The van der Waals surface area contributed by atoms with E-state index >= 15 is 0 Å². The third kappa shape index (κ3) is 4.15. The number of halogens is 4. The normalized spacial score (nSPS) is 15.5. The van der Waals surface area contributed by atoms with Gasteiger partial charge in [0.15, 0.2) is 0 Å². The van der Waals surface area contributed by atoms with E-state index in [-0.39, 0.29) is 0 Å². The second-order valence-electron chi connectivity index (χ2n) is 2.02. The molecule has 0 saturated carbocycles. The van der Waals surface area contributed by atoms with E-state index in [0.717, 1.165) is 6.92 Å². The lowest BCUT2D eigenvalue weighted by Gasteiger charge is -2.16. The summed E-state index contributed by atoms with van der Waals surface area (Å²) in [7, 11) is 0. The monoisotopic (exact) mass is 176 g/mol. The van der Waals surface area contributed by atoms with Gasteiger partial charge >= 0.3 is 12.5 Å². The van der Waals surface area contributed by atoms with Crippen molar-refractivity contribution < 1.29 is 27.4 Å². The van der Waals surface area contributed by atoms with E-state index in [4.69, 9.17) is 5.11 Å². The molecule has 1 N–H and O–H groups in total. The molecule has 0 aliphatic heterocycles. The summed E-state index contributed by atoms with van der Waals surface area (Å²) in [5.74, 6) is 0. The van der Waals surface area contributed by atoms with Crippen LogP contribution in [0.1, 0.15) is 6.92 Å². The van der Waals surface area contributed by atoms with Crippen LogP contribution in [0.4, 0.5) is 17.6 Å². The van der Waals surface area contributed by atoms with Crippen molar-refractivity contribution >= 4 is 0 Å². The molecule has 0 fully saturated rings. The van der Waals surface area contributed by atoms with E-state index in [0.29, 0.717) is 0 Å². The quantitative estimate of drug-likeness (QED) is 0.653. The van der Waals surface area contributed by atoms with Gasteiger partial charge in [0.05, 0.1) is 12.7 Å². The largest absolute Gasteiger partial charge is 0.416 e. The summed E-state index contributed by atoms with van der Waals surface area (Å²) in [6.45, 7) is 0.346. The van der Waals surface area contributed by atoms with E-state index < -0.39 is 25.2 Å². The van der Waals surface area contributed by atoms with Gasteiger partial charge in [-0.15, -0.1) is 0 Å². The molecule has 0 aromatic carbocycles. The fourth-order valence-electron chi connectivity index (χ4n) is 0.295. The molecule has 0 spiro atoms. The van der Waals surface area contributed by atoms with Gasteiger partial charge in [0, 0.05) is 0 Å². The van der Waals surface area contributed by atoms with Crippen LogP contribution in [-0.4, -0.2) is 30.4 Å². The van der Waals surface area contributed by atoms with Crippen molar-refractivity contribution in [2.24, 2.45) is 0 Å². The average Bonchev–Trinajstić information content (AvgIpc) is 1.84. The van der Waals surface area contributed by atoms with E-state index in [9.17, 15) is 17.6 Å². The third-order valence-electron chi connectivity index (χ3n) is 0.771. The molecule has 0 rings (SSSR count). The van der Waals surface area contributed by atoms with Gasteiger partial charge in [-0.3, -0.25) is 0 Å². The highest BCUT2D eigenvalue weighted by Crippen LogP contribution is 2.23. The molecule has 0 aromatic heterocycles. The van der Waals surface area contributed by atoms with E-state index in [1.807, 2.05) is 0 Å². The Balaban J connectivity index is 3.73. The molecule has 68 valence electrons. The van der Waals surface area contributed by atoms with Crippen LogP contribution in [0.3, 0.4) is 0 Å². The van der Waals surface area contributed by atoms with Crippen molar-refractivity contribution in [1.82, 2.24) is 0 Å². The van der Waals surface area contributed by atoms with Crippen molar-refractivity contribution in [2.45, 2.75) is 25.6 Å². The molecule has 0 amide bonds. The summed E-state index contributed by atoms with van der Waals surface area (Å²) in [5, 5.41) is 8.39. The van der Waals surface area contributed by atoms with Gasteiger partial charge in [0.2, 0.25) is 0 Å². The second kappa shape index (κ2) is 3.87. The first-order valence-corrected chi connectivity index (χ1v) is 2.84. The number of aliphatic hydroxyl groups excluding tert-OH is 1. The van der Waals surface area contributed by atoms with Gasteiger partial charge in [0.25, 0.3) is 0 Å². The van der Waals surface area contributed by atoms with Gasteiger partial charge in [-0.1, -0.05) is 0 Å². The summed E-state index contributed by atoms with van der Waals surface area (Å²) in [4.78, 5) is 0. The first-order valence-electron chi connectivity index (χ1n) is 2.84. The molecule has 11 heavy (non-hydrogen) atoms. The van der Waals surface area contributed by atoms with Crippen LogP contribution < -0.4 is 0 Å². The maximum atomic E-state index is 11.8. The Labute approximate surface area is 60.8 Å². The van der Waals surface area contributed by atoms with E-state index in [1.165, 1.54) is 0 Å². The molecule has 0 heterocycles. The zero-order chi connectivity index (χ0) is 9.07. The van der Waals surface area contributed by atoms with Crippen LogP contribution in [0.15, 0.2) is 0 Å². The van der Waals surface area contributed by atoms with E-state index in [1.54, 1.807) is 0 Å². The minimum atomic E-state index is -4.46. The maximum absolute atomic E-state index is 11.8. The highest BCUT2D eigenvalue weighted by Gasteiger charge is 2.42. The summed E-state index contributed by atoms with van der Waals surface area (Å²) < 4.78 is 49.7. The number of ether oxygens (including phenoxy) is 1. The second-order valence-corrected chi connectivity index (χ2v) is 2.02. The van der Waals surface area contributed by atoms with Gasteiger partial charge in [-0.25, -0.2) is 8.78 Å². The van der Waals surface area contributed by atoms with Crippen molar-refractivity contribution in [3.8, 4) is 0 Å². The Morgan fingerprint density at radius 3 is 2.18 bits per heavy atom. The molecule has 0 saturated heterocycles. The molecule has 0 aliphatic carbocycles. The molecule has 1 unspecified atom stereocenters. The molecular weight excluding hydrogens is 168 g/mol. The lowest BCUT2D eigenvalue weighted by Crippen LogP contribution is -2.32. The fraction of sp³-hybridized carbons (Fsp3) is 1.00. The third-order valence-corrected chi connectivity index (χ3v) is 0.771. The van der Waals surface area contributed by atoms with Crippen molar-refractivity contribution in [3.63, 3.8) is 0 Å². The van der Waals surface area contributed by atoms with Crippen LogP contribution in [0.2, 0.25) is 0 Å². The zero-order valence-corrected chi connectivity index (χ0v) is 5.73. The summed E-state index contributed by atoms with van der Waals surface area (Å²) >= 11 is 0. The van der Waals surface area contributed by atoms with Crippen molar-refractivity contribution in [2.75, 3.05) is 6.61 Å². The molecule has 0 radical (unpaired) electrons. The molecule has 6 heteroatoms. The lowest BCUT2D eigenvalue weighted by molar-refractivity contribution is -0.305. The summed E-state index contributed by atoms with van der Waals surface area (Å²) in [6, 6.07) is 0. The number of hydrogen-bond donors (Lipinski definition) is 1. The summed E-state index contributed by atoms with van der Waals surface area (Å²) in [6.07, 6.45) is -9.50. The molecule has 2 nitrogen and oxygen atoms in total. The Bertz CT molecular complexity index is 115. The van der Waals surface area contributed by atoms with Crippen molar-refractivity contribution in [3.05, 3.63) is 0 Å². The minimum absolute atomic E-state index is 0.808. The van der Waals surface area contributed by atoms with Gasteiger partial charge in [-0.05, 0) is 6.92 Å². The maximum Gasteiger partial charge on any atom is 0.416 e. The summed E-state index contributed by atoms with van der Waals surface area (Å²) in [5.41, 5.74) is 0. The number of alkyl halides is 4. The van der Waals surface area contributed by atoms with Crippen LogP contribution in [0.5, 0.6) is 0 Å². The van der Waals surface area contributed by atoms with Gasteiger partial charge in [0.1, 0.15) is 0 Å². The topological polar surface area (TPSA) is 29.5 Å². The zero-order valence-electron chi connectivity index (χ0n) is 5.73. The fourth-order valence-corrected chi connectivity index (χ4v) is 0.295. The first-order chi connectivity index (χ1) is 4.86. The molecule has 0 aromatic rings. The minimum Gasteiger partial charge on any atom is -0.391 e. The predicted octanol–water partition coefficient (Wildman–Crippen LogP) is 1.24. The highest BCUT2D eigenvalue weighted by molar-refractivity contribution is 4.56. The SMILES string of the molecule is CC(O)COC(F)(F)C(F)F. The highest BCUT2D eigenvalue weighted by atomic mass is 19.3. The Hall–Kier alpha value is -0.360. The van der Waals surface area contributed by atoms with Crippen LogP contribution in [0.25, 0.3) is 0 Å². The molecule has 1 atom stereocenters. The van der Waals surface area contributed by atoms with Crippen LogP contribution in [0, 0.1) is 0 Å². The predicted molar refractivity (Wildman–Crippen MR) is 28.6 cm³/mol. The molecular formula is C5H8F4O2. The smallest absolute Gasteiger partial charge is 0.391 e. The average molecular weight is 176 g/mol. The van der Waals surface area contributed by atoms with Crippen LogP contribution in [-0.2, 0) is 4.74 Å². The van der Waals surface area contributed by atoms with Gasteiger partial charge < -0.3 is 9.84 Å². The van der Waals surface area contributed by atoms with Gasteiger partial charge in [-0.2, -0.15) is 8.78 Å². The first kappa shape index (κ1) is 10.6. The Morgan fingerprint density at radius 2 is 1.91 bits per heavy atom.